The van der Waals surface area contributed by atoms with Crippen molar-refractivity contribution in [3.63, 3.8) is 0 Å². The molecule has 0 unspecified atom stereocenters. The summed E-state index contributed by atoms with van der Waals surface area (Å²) >= 11 is 3.21. The van der Waals surface area contributed by atoms with Crippen molar-refractivity contribution >= 4 is 33.3 Å². The number of nitrogens with zero attached hydrogens (tertiary/aromatic N) is 2. The van der Waals surface area contributed by atoms with Crippen molar-refractivity contribution in [2.24, 2.45) is 0 Å². The van der Waals surface area contributed by atoms with Gasteiger partial charge in [0.15, 0.2) is 5.16 Å². The van der Waals surface area contributed by atoms with Gasteiger partial charge in [-0.05, 0) is 49.1 Å². The van der Waals surface area contributed by atoms with E-state index in [0.29, 0.717) is 13.2 Å². The number of aromatic nitrogens is 2. The molecular weight excluding hydrogens is 464 g/mol. The summed E-state index contributed by atoms with van der Waals surface area (Å²) in [5.74, 6) is 1.57. The quantitative estimate of drug-likeness (QED) is 0.239. The molecule has 5 nitrogen and oxygen atoms in total. The maximum atomic E-state index is 13.9. The maximum absolute atomic E-state index is 13.9. The Balaban J connectivity index is 1.52. The van der Waals surface area contributed by atoms with Gasteiger partial charge in [0.25, 0.3) is 5.56 Å². The van der Waals surface area contributed by atoms with Crippen LogP contribution in [-0.2, 0) is 36.5 Å². The van der Waals surface area contributed by atoms with Crippen molar-refractivity contribution in [1.29, 1.82) is 0 Å². The Kier molecular flexibility index (Phi) is 6.51. The van der Waals surface area contributed by atoms with Crippen molar-refractivity contribution in [1.82, 2.24) is 9.55 Å². The molecule has 7 heteroatoms. The van der Waals surface area contributed by atoms with Crippen LogP contribution in [0.5, 0.6) is 5.75 Å². The topological polar surface area (TPSA) is 53.3 Å². The summed E-state index contributed by atoms with van der Waals surface area (Å²) in [6.45, 7) is 5.31. The molecule has 1 aliphatic heterocycles. The second kappa shape index (κ2) is 9.56. The molecule has 5 rings (SSSR count). The molecule has 0 bridgehead atoms. The maximum Gasteiger partial charge on any atom is 0.263 e. The zero-order valence-corrected chi connectivity index (χ0v) is 21.3. The second-order valence-corrected chi connectivity index (χ2v) is 11.2. The number of aryl methyl sites for hydroxylation is 1. The van der Waals surface area contributed by atoms with Crippen LogP contribution in [0.3, 0.4) is 0 Å². The van der Waals surface area contributed by atoms with E-state index in [1.807, 2.05) is 34.9 Å². The SMILES string of the molecule is COc1ccc(CSc2nc3sc4c(c3c(=O)n2CCc2ccccc2)CC(C)(C)OC4)cc1. The number of thiophene rings is 1. The lowest BCUT2D eigenvalue weighted by molar-refractivity contribution is -0.0379. The zero-order chi connectivity index (χ0) is 23.7. The van der Waals surface area contributed by atoms with Crippen molar-refractivity contribution < 1.29 is 9.47 Å². The second-order valence-electron chi connectivity index (χ2n) is 9.13. The minimum Gasteiger partial charge on any atom is -0.497 e. The van der Waals surface area contributed by atoms with Gasteiger partial charge < -0.3 is 9.47 Å². The van der Waals surface area contributed by atoms with Crippen molar-refractivity contribution in [2.75, 3.05) is 7.11 Å². The molecule has 2 aromatic carbocycles. The van der Waals surface area contributed by atoms with Gasteiger partial charge in [0.1, 0.15) is 10.6 Å². The van der Waals surface area contributed by atoms with E-state index in [4.69, 9.17) is 14.5 Å². The van der Waals surface area contributed by atoms with Crippen LogP contribution in [0.25, 0.3) is 10.2 Å². The first-order valence-electron chi connectivity index (χ1n) is 11.4. The summed E-state index contributed by atoms with van der Waals surface area (Å²) in [5.41, 5.74) is 3.28. The first kappa shape index (κ1) is 23.1. The summed E-state index contributed by atoms with van der Waals surface area (Å²) in [6, 6.07) is 18.3. The van der Waals surface area contributed by atoms with E-state index in [2.05, 4.69) is 38.1 Å². The Bertz CT molecular complexity index is 1360. The number of thioether (sulfide) groups is 1. The van der Waals surface area contributed by atoms with E-state index < -0.39 is 0 Å². The molecule has 0 saturated heterocycles. The summed E-state index contributed by atoms with van der Waals surface area (Å²) < 4.78 is 13.2. The molecular formula is C27H28N2O3S2. The third-order valence-electron chi connectivity index (χ3n) is 6.15. The van der Waals surface area contributed by atoms with Gasteiger partial charge in [0, 0.05) is 23.6 Å². The Morgan fingerprint density at radius 1 is 1.12 bits per heavy atom. The van der Waals surface area contributed by atoms with E-state index >= 15 is 0 Å². The fourth-order valence-electron chi connectivity index (χ4n) is 4.27. The minimum atomic E-state index is -0.274. The van der Waals surface area contributed by atoms with Gasteiger partial charge >= 0.3 is 0 Å². The molecule has 4 aromatic rings. The van der Waals surface area contributed by atoms with Gasteiger partial charge in [-0.25, -0.2) is 4.98 Å². The van der Waals surface area contributed by atoms with E-state index in [-0.39, 0.29) is 11.2 Å². The molecule has 0 radical (unpaired) electrons. The minimum absolute atomic E-state index is 0.0633. The van der Waals surface area contributed by atoms with E-state index in [1.54, 1.807) is 30.2 Å². The predicted octanol–water partition coefficient (Wildman–Crippen LogP) is 5.85. The van der Waals surface area contributed by atoms with E-state index in [0.717, 1.165) is 55.7 Å². The lowest BCUT2D eigenvalue weighted by atomic mass is 9.94. The summed E-state index contributed by atoms with van der Waals surface area (Å²) in [7, 11) is 1.67. The van der Waals surface area contributed by atoms with Crippen LogP contribution in [0.15, 0.2) is 64.5 Å². The van der Waals surface area contributed by atoms with Gasteiger partial charge in [-0.3, -0.25) is 9.36 Å². The van der Waals surface area contributed by atoms with Crippen LogP contribution in [0.1, 0.15) is 35.4 Å². The summed E-state index contributed by atoms with van der Waals surface area (Å²) in [6.07, 6.45) is 1.52. The fraction of sp³-hybridized carbons (Fsp3) is 0.333. The monoisotopic (exact) mass is 492 g/mol. The van der Waals surface area contributed by atoms with Gasteiger partial charge in [-0.1, -0.05) is 54.2 Å². The van der Waals surface area contributed by atoms with Gasteiger partial charge in [-0.2, -0.15) is 0 Å². The molecule has 176 valence electrons. The number of methoxy groups -OCH3 is 1. The number of rotatable bonds is 7. The average molecular weight is 493 g/mol. The third-order valence-corrected chi connectivity index (χ3v) is 8.30. The Morgan fingerprint density at radius 2 is 1.88 bits per heavy atom. The molecule has 0 spiro atoms. The first-order valence-corrected chi connectivity index (χ1v) is 13.2. The molecule has 0 saturated carbocycles. The molecule has 0 fully saturated rings. The average Bonchev–Trinajstić information content (AvgIpc) is 3.20. The molecule has 0 amide bonds. The van der Waals surface area contributed by atoms with Crippen LogP contribution >= 0.6 is 23.1 Å². The zero-order valence-electron chi connectivity index (χ0n) is 19.7. The van der Waals surface area contributed by atoms with Crippen LogP contribution in [0.4, 0.5) is 0 Å². The molecule has 1 aliphatic rings. The van der Waals surface area contributed by atoms with Crippen molar-refractivity contribution in [2.45, 2.75) is 56.4 Å². The molecule has 0 atom stereocenters. The number of hydrogen-bond acceptors (Lipinski definition) is 6. The van der Waals surface area contributed by atoms with E-state index in [9.17, 15) is 4.79 Å². The first-order chi connectivity index (χ1) is 16.4. The molecule has 0 N–H and O–H groups in total. The molecule has 3 heterocycles. The Hall–Kier alpha value is -2.61. The molecule has 0 aliphatic carbocycles. The van der Waals surface area contributed by atoms with Gasteiger partial charge in [0.2, 0.25) is 0 Å². The van der Waals surface area contributed by atoms with Crippen molar-refractivity contribution in [3.8, 4) is 5.75 Å². The summed E-state index contributed by atoms with van der Waals surface area (Å²) in [4.78, 5) is 20.8. The van der Waals surface area contributed by atoms with Crippen LogP contribution in [0, 0.1) is 0 Å². The number of hydrogen-bond donors (Lipinski definition) is 0. The normalized spacial score (nSPS) is 14.8. The van der Waals surface area contributed by atoms with Gasteiger partial charge in [0.05, 0.1) is 24.7 Å². The standard InChI is InChI=1S/C27H28N2O3S2/c1-27(2)15-21-22(16-32-27)34-24-23(21)25(30)29(14-13-18-7-5-4-6-8-18)26(28-24)33-17-19-9-11-20(31-3)12-10-19/h4-12H,13-17H2,1-3H3. The predicted molar refractivity (Wildman–Crippen MR) is 139 cm³/mol. The summed E-state index contributed by atoms with van der Waals surface area (Å²) in [5, 5.41) is 1.54. The number of fused-ring (bicyclic) bond motifs is 3. The van der Waals surface area contributed by atoms with E-state index in [1.165, 1.54) is 5.56 Å². The Labute approximate surface area is 207 Å². The molecule has 34 heavy (non-hydrogen) atoms. The van der Waals surface area contributed by atoms with Gasteiger partial charge in [-0.15, -0.1) is 11.3 Å². The smallest absolute Gasteiger partial charge is 0.263 e. The lowest BCUT2D eigenvalue weighted by Crippen LogP contribution is -2.32. The van der Waals surface area contributed by atoms with Crippen LogP contribution in [0.2, 0.25) is 0 Å². The number of benzene rings is 2. The molecule has 2 aromatic heterocycles. The lowest BCUT2D eigenvalue weighted by Gasteiger charge is -2.29. The van der Waals surface area contributed by atoms with Crippen LogP contribution in [-0.4, -0.2) is 22.3 Å². The third kappa shape index (κ3) is 4.78. The highest BCUT2D eigenvalue weighted by Crippen LogP contribution is 2.37. The highest BCUT2D eigenvalue weighted by Gasteiger charge is 2.31. The fourth-order valence-corrected chi connectivity index (χ4v) is 6.40. The highest BCUT2D eigenvalue weighted by atomic mass is 32.2. The largest absolute Gasteiger partial charge is 0.497 e. The van der Waals surface area contributed by atoms with Crippen molar-refractivity contribution in [3.05, 3.63) is 86.5 Å². The Morgan fingerprint density at radius 3 is 2.62 bits per heavy atom. The highest BCUT2D eigenvalue weighted by molar-refractivity contribution is 7.98. The van der Waals surface area contributed by atoms with Crippen LogP contribution < -0.4 is 10.3 Å². The number of ether oxygens (including phenoxy) is 2.